The summed E-state index contributed by atoms with van der Waals surface area (Å²) in [6, 6.07) is 19.6. The van der Waals surface area contributed by atoms with E-state index in [2.05, 4.69) is 16.0 Å². The Kier molecular flexibility index (Phi) is 5.80. The SMILES string of the molecule is O=C(CNCc1ccco1)Nc1cccc(NC(=O)c2ccccc2)c1. The molecule has 0 unspecified atom stereocenters. The van der Waals surface area contributed by atoms with Crippen LogP contribution in [-0.2, 0) is 11.3 Å². The predicted molar refractivity (Wildman–Crippen MR) is 99.9 cm³/mol. The Hall–Kier alpha value is -3.38. The number of hydrogen-bond donors (Lipinski definition) is 3. The van der Waals surface area contributed by atoms with Crippen molar-refractivity contribution in [2.24, 2.45) is 0 Å². The van der Waals surface area contributed by atoms with Crippen molar-refractivity contribution in [2.75, 3.05) is 17.2 Å². The summed E-state index contributed by atoms with van der Waals surface area (Å²) in [4.78, 5) is 24.2. The minimum Gasteiger partial charge on any atom is -0.468 e. The number of carbonyl (C=O) groups is 2. The number of anilines is 2. The first kappa shape index (κ1) is 17.4. The Bertz CT molecular complexity index is 861. The van der Waals surface area contributed by atoms with Gasteiger partial charge in [0, 0.05) is 16.9 Å². The molecule has 2 aromatic carbocycles. The van der Waals surface area contributed by atoms with E-state index in [0.29, 0.717) is 23.5 Å². The molecule has 0 saturated heterocycles. The number of benzene rings is 2. The first-order valence-corrected chi connectivity index (χ1v) is 8.20. The molecule has 3 rings (SSSR count). The average Bonchev–Trinajstić information content (AvgIpc) is 3.16. The van der Waals surface area contributed by atoms with Gasteiger partial charge in [-0.2, -0.15) is 0 Å². The zero-order valence-corrected chi connectivity index (χ0v) is 14.1. The average molecular weight is 349 g/mol. The topological polar surface area (TPSA) is 83.4 Å². The molecule has 0 aliphatic rings. The van der Waals surface area contributed by atoms with E-state index in [4.69, 9.17) is 4.42 Å². The summed E-state index contributed by atoms with van der Waals surface area (Å²) in [7, 11) is 0. The molecule has 6 heteroatoms. The summed E-state index contributed by atoms with van der Waals surface area (Å²) in [6.45, 7) is 0.634. The molecule has 2 amide bonds. The fourth-order valence-electron chi connectivity index (χ4n) is 2.39. The molecule has 0 fully saturated rings. The lowest BCUT2D eigenvalue weighted by Crippen LogP contribution is -2.27. The van der Waals surface area contributed by atoms with Crippen molar-refractivity contribution < 1.29 is 14.0 Å². The van der Waals surface area contributed by atoms with Crippen LogP contribution >= 0.6 is 0 Å². The quantitative estimate of drug-likeness (QED) is 0.611. The Balaban J connectivity index is 1.52. The van der Waals surface area contributed by atoms with E-state index >= 15 is 0 Å². The first-order valence-electron chi connectivity index (χ1n) is 8.20. The van der Waals surface area contributed by atoms with Gasteiger partial charge in [-0.1, -0.05) is 24.3 Å². The predicted octanol–water partition coefficient (Wildman–Crippen LogP) is 3.26. The molecule has 1 heterocycles. The second kappa shape index (κ2) is 8.64. The third kappa shape index (κ3) is 5.06. The molecule has 3 N–H and O–H groups in total. The highest BCUT2D eigenvalue weighted by Gasteiger charge is 2.07. The number of hydrogen-bond acceptors (Lipinski definition) is 4. The molecule has 0 atom stereocenters. The molecule has 6 nitrogen and oxygen atoms in total. The Morgan fingerprint density at radius 1 is 0.846 bits per heavy atom. The second-order valence-corrected chi connectivity index (χ2v) is 5.63. The summed E-state index contributed by atoms with van der Waals surface area (Å²) in [5.41, 5.74) is 1.80. The Morgan fingerprint density at radius 2 is 1.62 bits per heavy atom. The molecule has 0 aliphatic heterocycles. The highest BCUT2D eigenvalue weighted by molar-refractivity contribution is 6.04. The summed E-state index contributed by atoms with van der Waals surface area (Å²) in [5.74, 6) is 0.390. The molecule has 0 saturated carbocycles. The van der Waals surface area contributed by atoms with E-state index < -0.39 is 0 Å². The smallest absolute Gasteiger partial charge is 0.255 e. The molecule has 0 radical (unpaired) electrons. The number of rotatable bonds is 7. The maximum Gasteiger partial charge on any atom is 0.255 e. The minimum atomic E-state index is -0.200. The lowest BCUT2D eigenvalue weighted by Gasteiger charge is -2.09. The van der Waals surface area contributed by atoms with Crippen LogP contribution in [0.15, 0.2) is 77.4 Å². The van der Waals surface area contributed by atoms with Crippen molar-refractivity contribution in [2.45, 2.75) is 6.54 Å². The minimum absolute atomic E-state index is 0.154. The van der Waals surface area contributed by atoms with Gasteiger partial charge in [0.25, 0.3) is 5.91 Å². The van der Waals surface area contributed by atoms with Crippen molar-refractivity contribution in [1.29, 1.82) is 0 Å². The lowest BCUT2D eigenvalue weighted by molar-refractivity contribution is -0.115. The van der Waals surface area contributed by atoms with Gasteiger partial charge in [-0.3, -0.25) is 9.59 Å². The zero-order chi connectivity index (χ0) is 18.2. The van der Waals surface area contributed by atoms with Crippen molar-refractivity contribution in [3.05, 3.63) is 84.3 Å². The third-order valence-electron chi connectivity index (χ3n) is 3.61. The molecular formula is C20H19N3O3. The van der Waals surface area contributed by atoms with Crippen LogP contribution in [0.5, 0.6) is 0 Å². The zero-order valence-electron chi connectivity index (χ0n) is 14.1. The van der Waals surface area contributed by atoms with E-state index in [-0.39, 0.29) is 18.4 Å². The van der Waals surface area contributed by atoms with Gasteiger partial charge in [-0.15, -0.1) is 0 Å². The fraction of sp³-hybridized carbons (Fsp3) is 0.100. The summed E-state index contributed by atoms with van der Waals surface area (Å²) >= 11 is 0. The fourth-order valence-corrected chi connectivity index (χ4v) is 2.39. The monoisotopic (exact) mass is 349 g/mol. The van der Waals surface area contributed by atoms with Crippen LogP contribution < -0.4 is 16.0 Å². The van der Waals surface area contributed by atoms with E-state index in [1.165, 1.54) is 0 Å². The van der Waals surface area contributed by atoms with Crippen molar-refractivity contribution >= 4 is 23.2 Å². The van der Waals surface area contributed by atoms with E-state index in [0.717, 1.165) is 5.76 Å². The van der Waals surface area contributed by atoms with Gasteiger partial charge in [0.1, 0.15) is 5.76 Å². The maximum absolute atomic E-state index is 12.2. The molecular weight excluding hydrogens is 330 g/mol. The standard InChI is InChI=1S/C20H19N3O3/c24-19(14-21-13-18-10-5-11-26-18)22-16-8-4-9-17(12-16)23-20(25)15-6-2-1-3-7-15/h1-12,21H,13-14H2,(H,22,24)(H,23,25). The molecule has 1 aromatic heterocycles. The van der Waals surface area contributed by atoms with E-state index in [1.54, 1.807) is 60.9 Å². The van der Waals surface area contributed by atoms with Crippen molar-refractivity contribution in [3.63, 3.8) is 0 Å². The lowest BCUT2D eigenvalue weighted by atomic mass is 10.2. The van der Waals surface area contributed by atoms with Gasteiger partial charge >= 0.3 is 0 Å². The van der Waals surface area contributed by atoms with Gasteiger partial charge in [0.05, 0.1) is 19.4 Å². The number of nitrogens with one attached hydrogen (secondary N) is 3. The Labute approximate surface area is 151 Å². The van der Waals surface area contributed by atoms with Gasteiger partial charge in [0.15, 0.2) is 0 Å². The van der Waals surface area contributed by atoms with E-state index in [9.17, 15) is 9.59 Å². The van der Waals surface area contributed by atoms with Gasteiger partial charge in [-0.05, 0) is 42.5 Å². The van der Waals surface area contributed by atoms with Gasteiger partial charge in [-0.25, -0.2) is 0 Å². The third-order valence-corrected chi connectivity index (χ3v) is 3.61. The van der Waals surface area contributed by atoms with Crippen molar-refractivity contribution in [3.8, 4) is 0 Å². The number of furan rings is 1. The molecule has 26 heavy (non-hydrogen) atoms. The number of amides is 2. The second-order valence-electron chi connectivity index (χ2n) is 5.63. The van der Waals surface area contributed by atoms with Crippen molar-refractivity contribution in [1.82, 2.24) is 5.32 Å². The maximum atomic E-state index is 12.2. The van der Waals surface area contributed by atoms with Gasteiger partial charge in [0.2, 0.25) is 5.91 Å². The van der Waals surface area contributed by atoms with E-state index in [1.807, 2.05) is 12.1 Å². The van der Waals surface area contributed by atoms with Crippen LogP contribution in [0.3, 0.4) is 0 Å². The van der Waals surface area contributed by atoms with Crippen LogP contribution in [0, 0.1) is 0 Å². The molecule has 0 aliphatic carbocycles. The molecule has 3 aromatic rings. The summed E-state index contributed by atoms with van der Waals surface area (Å²) in [6.07, 6.45) is 1.59. The first-order chi connectivity index (χ1) is 12.7. The molecule has 0 bridgehead atoms. The summed E-state index contributed by atoms with van der Waals surface area (Å²) < 4.78 is 5.19. The largest absolute Gasteiger partial charge is 0.468 e. The van der Waals surface area contributed by atoms with Crippen LogP contribution in [0.4, 0.5) is 11.4 Å². The molecule has 132 valence electrons. The van der Waals surface area contributed by atoms with Gasteiger partial charge < -0.3 is 20.4 Å². The van der Waals surface area contributed by atoms with Crippen LogP contribution in [0.1, 0.15) is 16.1 Å². The van der Waals surface area contributed by atoms with Crippen LogP contribution in [0.25, 0.3) is 0 Å². The highest BCUT2D eigenvalue weighted by Crippen LogP contribution is 2.16. The Morgan fingerprint density at radius 3 is 2.35 bits per heavy atom. The van der Waals surface area contributed by atoms with Crippen LogP contribution in [-0.4, -0.2) is 18.4 Å². The highest BCUT2D eigenvalue weighted by atomic mass is 16.3. The number of carbonyl (C=O) groups excluding carboxylic acids is 2. The van der Waals surface area contributed by atoms with Crippen LogP contribution in [0.2, 0.25) is 0 Å². The summed E-state index contributed by atoms with van der Waals surface area (Å²) in [5, 5.41) is 8.61. The normalized spacial score (nSPS) is 10.3. The molecule has 0 spiro atoms.